The minimum absolute atomic E-state index is 0.350. The summed E-state index contributed by atoms with van der Waals surface area (Å²) in [7, 11) is 1.92. The molecule has 0 saturated carbocycles. The highest BCUT2D eigenvalue weighted by molar-refractivity contribution is 6.09. The molecule has 1 rings (SSSR count). The molecule has 0 aliphatic heterocycles. The van der Waals surface area contributed by atoms with Gasteiger partial charge in [0.1, 0.15) is 5.71 Å². The van der Waals surface area contributed by atoms with E-state index in [0.717, 1.165) is 22.4 Å². The molecule has 1 heterocycles. The zero-order valence-electron chi connectivity index (χ0n) is 10.2. The molecule has 0 saturated heterocycles. The van der Waals surface area contributed by atoms with E-state index in [2.05, 4.69) is 11.8 Å². The smallest absolute Gasteiger partial charge is 0.105 e. The van der Waals surface area contributed by atoms with Crippen molar-refractivity contribution in [2.75, 3.05) is 0 Å². The minimum Gasteiger partial charge on any atom is -0.350 e. The van der Waals surface area contributed by atoms with Gasteiger partial charge in [-0.05, 0) is 38.0 Å². The third-order valence-electron chi connectivity index (χ3n) is 2.53. The zero-order chi connectivity index (χ0) is 12.3. The normalized spacial score (nSPS) is 12.4. The van der Waals surface area contributed by atoms with Crippen molar-refractivity contribution in [3.05, 3.63) is 41.7 Å². The first-order valence-electron chi connectivity index (χ1n) is 5.16. The number of rotatable bonds is 3. The van der Waals surface area contributed by atoms with Gasteiger partial charge < -0.3 is 4.57 Å². The molecule has 0 aliphatic carbocycles. The summed E-state index contributed by atoms with van der Waals surface area (Å²) in [6.45, 7) is 9.65. The van der Waals surface area contributed by atoms with Crippen LogP contribution >= 0.6 is 0 Å². The first kappa shape index (κ1) is 12.4. The monoisotopic (exact) mass is 220 g/mol. The van der Waals surface area contributed by atoms with Crippen LogP contribution in [-0.2, 0) is 7.05 Å². The standard InChI is InChI=1S/C13H17FN2/c1-6-7-12(15-14)11-8-16(5)13(9(2)3)10(11)4/h6-8H,2H2,1,3-5H3/b7-6-,15-12+. The van der Waals surface area contributed by atoms with E-state index in [9.17, 15) is 4.48 Å². The summed E-state index contributed by atoms with van der Waals surface area (Å²) < 4.78 is 14.5. The fourth-order valence-electron chi connectivity index (χ4n) is 1.95. The molecule has 0 atom stereocenters. The Morgan fingerprint density at radius 2 is 2.19 bits per heavy atom. The Labute approximate surface area is 95.8 Å². The summed E-state index contributed by atoms with van der Waals surface area (Å²) in [6, 6.07) is 0. The summed E-state index contributed by atoms with van der Waals surface area (Å²) in [4.78, 5) is 0. The summed E-state index contributed by atoms with van der Waals surface area (Å²) in [5, 5.41) is 2.81. The van der Waals surface area contributed by atoms with E-state index in [1.165, 1.54) is 0 Å². The number of hydrogen-bond donors (Lipinski definition) is 0. The van der Waals surface area contributed by atoms with Crippen LogP contribution < -0.4 is 0 Å². The van der Waals surface area contributed by atoms with Crippen molar-refractivity contribution in [1.29, 1.82) is 0 Å². The SMILES string of the molecule is C=C(C)c1c(C)c(C(/C=C\C)=N/F)cn1C. The maximum absolute atomic E-state index is 12.6. The van der Waals surface area contributed by atoms with Crippen LogP contribution in [0.4, 0.5) is 4.48 Å². The van der Waals surface area contributed by atoms with Crippen molar-refractivity contribution >= 4 is 11.3 Å². The molecule has 0 spiro atoms. The Bertz CT molecular complexity index is 465. The van der Waals surface area contributed by atoms with Crippen molar-refractivity contribution in [3.63, 3.8) is 0 Å². The van der Waals surface area contributed by atoms with Gasteiger partial charge in [-0.2, -0.15) is 0 Å². The van der Waals surface area contributed by atoms with Crippen molar-refractivity contribution < 1.29 is 4.48 Å². The molecule has 86 valence electrons. The van der Waals surface area contributed by atoms with E-state index in [4.69, 9.17) is 0 Å². The van der Waals surface area contributed by atoms with Crippen molar-refractivity contribution in [3.8, 4) is 0 Å². The first-order chi connectivity index (χ1) is 7.52. The first-order valence-corrected chi connectivity index (χ1v) is 5.16. The Kier molecular flexibility index (Phi) is 3.82. The average molecular weight is 220 g/mol. The molecule has 3 heteroatoms. The van der Waals surface area contributed by atoms with E-state index in [1.54, 1.807) is 12.2 Å². The molecule has 2 nitrogen and oxygen atoms in total. The van der Waals surface area contributed by atoms with Crippen LogP contribution in [0.2, 0.25) is 0 Å². The summed E-state index contributed by atoms with van der Waals surface area (Å²) >= 11 is 0. The number of halogens is 1. The third-order valence-corrected chi connectivity index (χ3v) is 2.53. The van der Waals surface area contributed by atoms with Gasteiger partial charge in [0.05, 0.1) is 0 Å². The van der Waals surface area contributed by atoms with E-state index >= 15 is 0 Å². The second kappa shape index (κ2) is 4.92. The average Bonchev–Trinajstić information content (AvgIpc) is 2.50. The molecule has 0 N–H and O–H groups in total. The van der Waals surface area contributed by atoms with Gasteiger partial charge in [0.2, 0.25) is 0 Å². The van der Waals surface area contributed by atoms with Crippen molar-refractivity contribution in [2.45, 2.75) is 20.8 Å². The Morgan fingerprint density at radius 1 is 1.56 bits per heavy atom. The van der Waals surface area contributed by atoms with Gasteiger partial charge in [-0.3, -0.25) is 0 Å². The maximum Gasteiger partial charge on any atom is 0.105 e. The lowest BCUT2D eigenvalue weighted by Gasteiger charge is -2.03. The predicted octanol–water partition coefficient (Wildman–Crippen LogP) is 3.62. The van der Waals surface area contributed by atoms with Gasteiger partial charge >= 0.3 is 0 Å². The lowest BCUT2D eigenvalue weighted by molar-refractivity contribution is 0.538. The third kappa shape index (κ3) is 2.13. The van der Waals surface area contributed by atoms with Gasteiger partial charge in [0.15, 0.2) is 0 Å². The number of aromatic nitrogens is 1. The van der Waals surface area contributed by atoms with Crippen molar-refractivity contribution in [1.82, 2.24) is 4.57 Å². The van der Waals surface area contributed by atoms with Gasteiger partial charge in [-0.15, -0.1) is 0 Å². The van der Waals surface area contributed by atoms with Gasteiger partial charge in [-0.25, -0.2) is 0 Å². The quantitative estimate of drug-likeness (QED) is 0.692. The second-order valence-electron chi connectivity index (χ2n) is 3.88. The van der Waals surface area contributed by atoms with Crippen LogP contribution in [0.15, 0.2) is 30.1 Å². The van der Waals surface area contributed by atoms with Crippen LogP contribution in [0.1, 0.15) is 30.7 Å². The number of hydrogen-bond acceptors (Lipinski definition) is 1. The lowest BCUT2D eigenvalue weighted by atomic mass is 10.1. The van der Waals surface area contributed by atoms with Crippen LogP contribution in [0.3, 0.4) is 0 Å². The van der Waals surface area contributed by atoms with Gasteiger partial charge in [0, 0.05) is 24.5 Å². The summed E-state index contributed by atoms with van der Waals surface area (Å²) in [5.41, 5.74) is 4.15. The molecule has 0 amide bonds. The molecule has 16 heavy (non-hydrogen) atoms. The molecule has 0 unspecified atom stereocenters. The molecule has 0 radical (unpaired) electrons. The van der Waals surface area contributed by atoms with E-state index in [-0.39, 0.29) is 0 Å². The number of nitrogens with zero attached hydrogens (tertiary/aromatic N) is 2. The fourth-order valence-corrected chi connectivity index (χ4v) is 1.95. The lowest BCUT2D eigenvalue weighted by Crippen LogP contribution is -1.96. The topological polar surface area (TPSA) is 17.3 Å². The Hall–Kier alpha value is -1.64. The zero-order valence-corrected chi connectivity index (χ0v) is 10.2. The number of aryl methyl sites for hydroxylation is 1. The highest BCUT2D eigenvalue weighted by Crippen LogP contribution is 2.23. The summed E-state index contributed by atoms with van der Waals surface area (Å²) in [5.74, 6) is 0. The van der Waals surface area contributed by atoms with Crippen LogP contribution in [0.25, 0.3) is 5.57 Å². The van der Waals surface area contributed by atoms with Crippen LogP contribution in [0, 0.1) is 6.92 Å². The summed E-state index contributed by atoms with van der Waals surface area (Å²) in [6.07, 6.45) is 5.30. The van der Waals surface area contributed by atoms with Crippen LogP contribution in [-0.4, -0.2) is 10.3 Å². The second-order valence-corrected chi connectivity index (χ2v) is 3.88. The van der Waals surface area contributed by atoms with E-state index < -0.39 is 0 Å². The molecular weight excluding hydrogens is 203 g/mol. The van der Waals surface area contributed by atoms with Gasteiger partial charge in [0.25, 0.3) is 0 Å². The molecule has 0 aromatic carbocycles. The fraction of sp³-hybridized carbons (Fsp3) is 0.308. The molecule has 1 aromatic rings. The maximum atomic E-state index is 12.6. The Balaban J connectivity index is 3.37. The molecule has 0 bridgehead atoms. The molecular formula is C13H17FN2. The predicted molar refractivity (Wildman–Crippen MR) is 67.3 cm³/mol. The molecule has 0 aliphatic rings. The van der Waals surface area contributed by atoms with E-state index in [1.807, 2.05) is 38.6 Å². The van der Waals surface area contributed by atoms with E-state index in [0.29, 0.717) is 5.71 Å². The van der Waals surface area contributed by atoms with Crippen LogP contribution in [0.5, 0.6) is 0 Å². The highest BCUT2D eigenvalue weighted by atomic mass is 19.2. The molecule has 0 fully saturated rings. The Morgan fingerprint density at radius 3 is 2.56 bits per heavy atom. The minimum atomic E-state index is 0.350. The molecule has 1 aromatic heterocycles. The largest absolute Gasteiger partial charge is 0.350 e. The number of allylic oxidation sites excluding steroid dienone is 3. The van der Waals surface area contributed by atoms with Crippen molar-refractivity contribution in [2.24, 2.45) is 12.3 Å². The highest BCUT2D eigenvalue weighted by Gasteiger charge is 2.13. The van der Waals surface area contributed by atoms with Gasteiger partial charge in [-0.1, -0.05) is 22.4 Å².